The number of ether oxygens (including phenoxy) is 1. The molecule has 2 N–H and O–H groups in total. The molecule has 0 bridgehead atoms. The van der Waals surface area contributed by atoms with Crippen molar-refractivity contribution in [3.05, 3.63) is 28.3 Å². The Morgan fingerprint density at radius 3 is 2.62 bits per heavy atom. The molecule has 1 amide bonds. The molecule has 0 unspecified atom stereocenters. The number of carbonyl (C=O) groups excluding carboxylic acids is 1. The zero-order chi connectivity index (χ0) is 10.0. The lowest BCUT2D eigenvalue weighted by Gasteiger charge is -2.08. The van der Waals surface area contributed by atoms with Gasteiger partial charge < -0.3 is 10.5 Å². The minimum Gasteiger partial charge on any atom is -0.495 e. The summed E-state index contributed by atoms with van der Waals surface area (Å²) in [6.45, 7) is 1.73. The fraction of sp³-hybridized carbons (Fsp3) is 0.222. The van der Waals surface area contributed by atoms with E-state index in [0.717, 1.165) is 0 Å². The average Bonchev–Trinajstić information content (AvgIpc) is 2.09. The fourth-order valence-electron chi connectivity index (χ4n) is 1.08. The lowest BCUT2D eigenvalue weighted by Crippen LogP contribution is -2.12. The highest BCUT2D eigenvalue weighted by atomic mass is 35.5. The largest absolute Gasteiger partial charge is 0.495 e. The van der Waals surface area contributed by atoms with Crippen molar-refractivity contribution in [3.8, 4) is 5.75 Å². The van der Waals surface area contributed by atoms with Crippen LogP contribution >= 0.6 is 11.6 Å². The summed E-state index contributed by atoms with van der Waals surface area (Å²) in [5.74, 6) is 0.0613. The van der Waals surface area contributed by atoms with Gasteiger partial charge in [0.25, 0.3) is 0 Å². The summed E-state index contributed by atoms with van der Waals surface area (Å²) in [5.41, 5.74) is 6.21. The van der Waals surface area contributed by atoms with E-state index in [1.807, 2.05) is 0 Å². The molecule has 0 aromatic heterocycles. The number of primary amides is 1. The van der Waals surface area contributed by atoms with E-state index in [2.05, 4.69) is 0 Å². The molecule has 13 heavy (non-hydrogen) atoms. The fourth-order valence-corrected chi connectivity index (χ4v) is 1.33. The molecule has 4 heteroatoms. The third-order valence-corrected chi connectivity index (χ3v) is 2.31. The minimum absolute atomic E-state index is 0.422. The Labute approximate surface area is 81.4 Å². The first-order valence-corrected chi connectivity index (χ1v) is 4.08. The van der Waals surface area contributed by atoms with E-state index in [4.69, 9.17) is 22.1 Å². The molecule has 0 saturated heterocycles. The first-order chi connectivity index (χ1) is 6.07. The van der Waals surface area contributed by atoms with Gasteiger partial charge in [-0.25, -0.2) is 0 Å². The van der Waals surface area contributed by atoms with Crippen LogP contribution in [0.2, 0.25) is 5.02 Å². The Bertz CT molecular complexity index is 350. The summed E-state index contributed by atoms with van der Waals surface area (Å²) < 4.78 is 4.98. The predicted molar refractivity (Wildman–Crippen MR) is 51.3 cm³/mol. The van der Waals surface area contributed by atoms with Crippen LogP contribution in [-0.2, 0) is 0 Å². The van der Waals surface area contributed by atoms with Crippen molar-refractivity contribution >= 4 is 17.5 Å². The van der Waals surface area contributed by atoms with Crippen LogP contribution in [0.15, 0.2) is 12.1 Å². The van der Waals surface area contributed by atoms with Gasteiger partial charge in [-0.05, 0) is 24.6 Å². The van der Waals surface area contributed by atoms with Gasteiger partial charge in [0.15, 0.2) is 0 Å². The summed E-state index contributed by atoms with van der Waals surface area (Å²) in [5, 5.41) is 0.429. The summed E-state index contributed by atoms with van der Waals surface area (Å²) in [6, 6.07) is 3.22. The maximum absolute atomic E-state index is 10.9. The molecule has 1 aromatic carbocycles. The molecule has 0 fully saturated rings. The predicted octanol–water partition coefficient (Wildman–Crippen LogP) is 1.76. The normalized spacial score (nSPS) is 9.77. The summed E-state index contributed by atoms with van der Waals surface area (Å²) in [4.78, 5) is 10.9. The second-order valence-electron chi connectivity index (χ2n) is 2.62. The smallest absolute Gasteiger partial charge is 0.249 e. The zero-order valence-electron chi connectivity index (χ0n) is 7.43. The molecule has 0 aliphatic rings. The van der Waals surface area contributed by atoms with Crippen LogP contribution < -0.4 is 10.5 Å². The number of nitrogens with two attached hydrogens (primary N) is 1. The van der Waals surface area contributed by atoms with E-state index in [1.54, 1.807) is 19.1 Å². The van der Waals surface area contributed by atoms with Crippen molar-refractivity contribution in [2.75, 3.05) is 7.11 Å². The molecule has 0 aliphatic heterocycles. The van der Waals surface area contributed by atoms with E-state index < -0.39 is 5.91 Å². The highest BCUT2D eigenvalue weighted by Crippen LogP contribution is 2.29. The third kappa shape index (κ3) is 1.75. The maximum Gasteiger partial charge on any atom is 0.249 e. The molecule has 0 radical (unpaired) electrons. The van der Waals surface area contributed by atoms with Crippen molar-refractivity contribution in [2.45, 2.75) is 6.92 Å². The number of carbonyl (C=O) groups is 1. The number of hydrogen-bond donors (Lipinski definition) is 1. The van der Waals surface area contributed by atoms with Crippen molar-refractivity contribution < 1.29 is 9.53 Å². The number of hydrogen-bond acceptors (Lipinski definition) is 2. The molecule has 0 spiro atoms. The van der Waals surface area contributed by atoms with Gasteiger partial charge >= 0.3 is 0 Å². The highest BCUT2D eigenvalue weighted by Gasteiger charge is 2.11. The third-order valence-electron chi connectivity index (χ3n) is 1.84. The van der Waals surface area contributed by atoms with Crippen LogP contribution in [0.25, 0.3) is 0 Å². The molecule has 0 heterocycles. The van der Waals surface area contributed by atoms with E-state index in [9.17, 15) is 4.79 Å². The summed E-state index contributed by atoms with van der Waals surface area (Å²) >= 11 is 5.91. The van der Waals surface area contributed by atoms with Gasteiger partial charge in [-0.2, -0.15) is 0 Å². The topological polar surface area (TPSA) is 52.3 Å². The Morgan fingerprint density at radius 1 is 1.54 bits per heavy atom. The van der Waals surface area contributed by atoms with Crippen LogP contribution in [0.3, 0.4) is 0 Å². The summed E-state index contributed by atoms with van der Waals surface area (Å²) in [6.07, 6.45) is 0. The molecule has 70 valence electrons. The van der Waals surface area contributed by atoms with Crippen LogP contribution in [0.5, 0.6) is 5.75 Å². The molecule has 3 nitrogen and oxygen atoms in total. The van der Waals surface area contributed by atoms with Gasteiger partial charge in [0.2, 0.25) is 5.91 Å². The van der Waals surface area contributed by atoms with Crippen molar-refractivity contribution in [2.24, 2.45) is 5.73 Å². The highest BCUT2D eigenvalue weighted by molar-refractivity contribution is 6.33. The molecule has 1 aromatic rings. The van der Waals surface area contributed by atoms with E-state index in [1.165, 1.54) is 7.11 Å². The van der Waals surface area contributed by atoms with Gasteiger partial charge in [-0.3, -0.25) is 4.79 Å². The average molecular weight is 200 g/mol. The number of methoxy groups -OCH3 is 1. The number of halogens is 1. The van der Waals surface area contributed by atoms with Gasteiger partial charge in [-0.1, -0.05) is 11.6 Å². The Morgan fingerprint density at radius 2 is 2.15 bits per heavy atom. The summed E-state index contributed by atoms with van der Waals surface area (Å²) in [7, 11) is 1.52. The van der Waals surface area contributed by atoms with Gasteiger partial charge in [0, 0.05) is 5.56 Å². The van der Waals surface area contributed by atoms with Crippen molar-refractivity contribution in [3.63, 3.8) is 0 Å². The molecular formula is C9H10ClNO2. The molecule has 0 atom stereocenters. The second kappa shape index (κ2) is 3.66. The number of amides is 1. The molecule has 0 aliphatic carbocycles. The van der Waals surface area contributed by atoms with Crippen molar-refractivity contribution in [1.29, 1.82) is 0 Å². The lowest BCUT2D eigenvalue weighted by molar-refractivity contribution is 0.0999. The number of rotatable bonds is 2. The van der Waals surface area contributed by atoms with E-state index in [-0.39, 0.29) is 0 Å². The van der Waals surface area contributed by atoms with Crippen molar-refractivity contribution in [1.82, 2.24) is 0 Å². The second-order valence-corrected chi connectivity index (χ2v) is 3.00. The SMILES string of the molecule is COc1ccc(C(N)=O)c(C)c1Cl. The minimum atomic E-state index is -0.484. The molecule has 0 saturated carbocycles. The van der Waals surface area contributed by atoms with Crippen LogP contribution in [0, 0.1) is 6.92 Å². The lowest BCUT2D eigenvalue weighted by atomic mass is 10.1. The van der Waals surface area contributed by atoms with E-state index >= 15 is 0 Å². The van der Waals surface area contributed by atoms with Gasteiger partial charge in [-0.15, -0.1) is 0 Å². The van der Waals surface area contributed by atoms with Gasteiger partial charge in [0.05, 0.1) is 12.1 Å². The van der Waals surface area contributed by atoms with Crippen LogP contribution in [0.1, 0.15) is 15.9 Å². The maximum atomic E-state index is 10.9. The quantitative estimate of drug-likeness (QED) is 0.789. The zero-order valence-corrected chi connectivity index (χ0v) is 8.18. The standard InChI is InChI=1S/C9H10ClNO2/c1-5-6(9(11)12)3-4-7(13-2)8(5)10/h3-4H,1-2H3,(H2,11,12). The Hall–Kier alpha value is -1.22. The first-order valence-electron chi connectivity index (χ1n) is 3.70. The molecule has 1 rings (SSSR count). The number of benzene rings is 1. The molecular weight excluding hydrogens is 190 g/mol. The van der Waals surface area contributed by atoms with Gasteiger partial charge in [0.1, 0.15) is 5.75 Å². The van der Waals surface area contributed by atoms with Crippen LogP contribution in [0.4, 0.5) is 0 Å². The monoisotopic (exact) mass is 199 g/mol. The van der Waals surface area contributed by atoms with E-state index in [0.29, 0.717) is 21.9 Å². The Balaban J connectivity index is 3.31. The first kappa shape index (κ1) is 9.86. The van der Waals surface area contributed by atoms with Crippen LogP contribution in [-0.4, -0.2) is 13.0 Å². The Kier molecular flexibility index (Phi) is 2.78.